The van der Waals surface area contributed by atoms with Gasteiger partial charge >= 0.3 is 0 Å². The van der Waals surface area contributed by atoms with Gasteiger partial charge in [-0.25, -0.2) is 4.68 Å². The number of rotatable bonds is 7. The molecule has 1 heterocycles. The van der Waals surface area contributed by atoms with Crippen LogP contribution in [-0.4, -0.2) is 54.6 Å². The third-order valence-corrected chi connectivity index (χ3v) is 12.2. The molecule has 40 heavy (non-hydrogen) atoms. The summed E-state index contributed by atoms with van der Waals surface area (Å²) in [6.07, 6.45) is 11.4. The van der Waals surface area contributed by atoms with Crippen LogP contribution in [-0.2, 0) is 11.2 Å². The van der Waals surface area contributed by atoms with Crippen LogP contribution in [0.5, 0.6) is 0 Å². The highest BCUT2D eigenvalue weighted by molar-refractivity contribution is 7.98. The number of benzene rings is 1. The van der Waals surface area contributed by atoms with E-state index in [1.165, 1.54) is 5.57 Å². The first-order valence-electron chi connectivity index (χ1n) is 14.6. The average molecular weight is 581 g/mol. The molecule has 6 nitrogen and oxygen atoms in total. The Kier molecular flexibility index (Phi) is 7.17. The standard InChI is InChI=1S/C32H40N2O4S2/c1-30-16-20-18-33-34(22-7-4-6-19(14-22)26(35)8-5-13-40-3)25(20)15-21(30)9-10-23-24-11-12-32(38,29(37)39)31(24,2)17-27(36)28(23)30/h4,6-7,14-15,18,23-24,27-28,36,38H,5,8-13,16-17H2,1-3H3,(H,37,39)/t23-,24-,27-,28+,30-,31-,32-/m0/s1. The molecule has 1 aromatic heterocycles. The van der Waals surface area contributed by atoms with Gasteiger partial charge in [-0.15, -0.1) is 12.6 Å². The number of allylic oxidation sites excluding steroid dienone is 1. The fourth-order valence-corrected chi connectivity index (χ4v) is 9.88. The molecule has 3 fully saturated rings. The van der Waals surface area contributed by atoms with Crippen LogP contribution in [0.25, 0.3) is 11.8 Å². The van der Waals surface area contributed by atoms with Gasteiger partial charge in [0.1, 0.15) is 5.60 Å². The van der Waals surface area contributed by atoms with Crippen LogP contribution in [0.2, 0.25) is 0 Å². The van der Waals surface area contributed by atoms with E-state index in [9.17, 15) is 19.8 Å². The topological polar surface area (TPSA) is 92.4 Å². The highest BCUT2D eigenvalue weighted by Crippen LogP contribution is 2.67. The van der Waals surface area contributed by atoms with Crippen LogP contribution >= 0.6 is 24.4 Å². The van der Waals surface area contributed by atoms with Gasteiger partial charge in [-0.05, 0) is 104 Å². The number of Topliss-reactive ketones (excluding diaryl/α,β-unsaturated/α-hetero) is 1. The van der Waals surface area contributed by atoms with Crippen LogP contribution in [0, 0.1) is 28.6 Å². The maximum Gasteiger partial charge on any atom is 0.218 e. The SMILES string of the molecule is CSCCCC(=O)c1cccc(-n2ncc3c2C=C2CC[C@@H]4[C@H]([C@@H](O)C[C@@]5(C)[C@H]4CC[C@]5(O)C(=O)S)[C@@]2(C)C3)c1. The van der Waals surface area contributed by atoms with E-state index in [0.717, 1.165) is 60.4 Å². The largest absolute Gasteiger partial charge is 0.393 e. The Morgan fingerprint density at radius 2 is 2.05 bits per heavy atom. The van der Waals surface area contributed by atoms with Gasteiger partial charge in [0.2, 0.25) is 5.12 Å². The van der Waals surface area contributed by atoms with Gasteiger partial charge in [0.15, 0.2) is 5.78 Å². The molecule has 0 radical (unpaired) electrons. The molecular formula is C32H40N2O4S2. The molecule has 0 aliphatic heterocycles. The lowest BCUT2D eigenvalue weighted by atomic mass is 9.45. The molecule has 214 valence electrons. The normalized spacial score (nSPS) is 36.2. The summed E-state index contributed by atoms with van der Waals surface area (Å²) in [5.74, 6) is 1.62. The molecule has 3 saturated carbocycles. The summed E-state index contributed by atoms with van der Waals surface area (Å²) < 4.78 is 1.95. The molecule has 4 aliphatic carbocycles. The van der Waals surface area contributed by atoms with Crippen LogP contribution in [0.1, 0.15) is 80.4 Å². The summed E-state index contributed by atoms with van der Waals surface area (Å²) in [7, 11) is 0. The van der Waals surface area contributed by atoms with Crippen molar-refractivity contribution in [2.45, 2.75) is 76.9 Å². The molecule has 6 rings (SSSR count). The van der Waals surface area contributed by atoms with Gasteiger partial charge in [0.05, 0.1) is 23.7 Å². The molecule has 8 heteroatoms. The highest BCUT2D eigenvalue weighted by Gasteiger charge is 2.68. The molecule has 1 aromatic carbocycles. The van der Waals surface area contributed by atoms with Crippen LogP contribution < -0.4 is 0 Å². The Balaban J connectivity index is 1.30. The van der Waals surface area contributed by atoms with Crippen LogP contribution in [0.4, 0.5) is 0 Å². The summed E-state index contributed by atoms with van der Waals surface area (Å²) >= 11 is 5.84. The Morgan fingerprint density at radius 3 is 2.80 bits per heavy atom. The fourth-order valence-electron chi connectivity index (χ4n) is 9.08. The number of aromatic nitrogens is 2. The minimum absolute atomic E-state index is 0.0571. The van der Waals surface area contributed by atoms with Crippen molar-refractivity contribution in [1.82, 2.24) is 9.78 Å². The summed E-state index contributed by atoms with van der Waals surface area (Å²) in [5, 5.41) is 27.4. The predicted octanol–water partition coefficient (Wildman–Crippen LogP) is 5.54. The highest BCUT2D eigenvalue weighted by atomic mass is 32.2. The number of ketones is 1. The van der Waals surface area contributed by atoms with E-state index in [2.05, 4.69) is 31.9 Å². The van der Waals surface area contributed by atoms with Gasteiger partial charge < -0.3 is 10.2 Å². The van der Waals surface area contributed by atoms with Crippen molar-refractivity contribution in [1.29, 1.82) is 0 Å². The average Bonchev–Trinajstić information content (AvgIpc) is 3.44. The lowest BCUT2D eigenvalue weighted by Crippen LogP contribution is -2.61. The second-order valence-electron chi connectivity index (χ2n) is 13.0. The van der Waals surface area contributed by atoms with Gasteiger partial charge in [0, 0.05) is 17.4 Å². The Labute approximate surface area is 246 Å². The first kappa shape index (κ1) is 28.3. The minimum atomic E-state index is -1.48. The summed E-state index contributed by atoms with van der Waals surface area (Å²) in [5.41, 5.74) is 2.81. The summed E-state index contributed by atoms with van der Waals surface area (Å²) in [6, 6.07) is 7.78. The van der Waals surface area contributed by atoms with Crippen molar-refractivity contribution < 1.29 is 19.8 Å². The van der Waals surface area contributed by atoms with E-state index in [4.69, 9.17) is 5.10 Å². The molecule has 2 N–H and O–H groups in total. The van der Waals surface area contributed by atoms with Gasteiger partial charge in [-0.3, -0.25) is 9.59 Å². The predicted molar refractivity (Wildman–Crippen MR) is 162 cm³/mol. The molecule has 2 aromatic rings. The molecule has 0 unspecified atom stereocenters. The lowest BCUT2D eigenvalue weighted by molar-refractivity contribution is -0.173. The van der Waals surface area contributed by atoms with E-state index in [0.29, 0.717) is 19.3 Å². The summed E-state index contributed by atoms with van der Waals surface area (Å²) in [6.45, 7) is 4.29. The zero-order chi connectivity index (χ0) is 28.4. The zero-order valence-corrected chi connectivity index (χ0v) is 25.3. The molecule has 7 atom stereocenters. The number of carbonyl (C=O) groups excluding carboxylic acids is 2. The number of thioether (sulfide) groups is 1. The third kappa shape index (κ3) is 4.11. The van der Waals surface area contributed by atoms with Crippen molar-refractivity contribution in [3.8, 4) is 5.69 Å². The Bertz CT molecular complexity index is 1390. The fraction of sp³-hybridized carbons (Fsp3) is 0.594. The van der Waals surface area contributed by atoms with Gasteiger partial charge in [-0.1, -0.05) is 31.6 Å². The second-order valence-corrected chi connectivity index (χ2v) is 14.4. The minimum Gasteiger partial charge on any atom is -0.393 e. The number of aliphatic hydroxyl groups is 2. The van der Waals surface area contributed by atoms with E-state index in [1.807, 2.05) is 42.1 Å². The number of hydrogen-bond acceptors (Lipinski definition) is 6. The van der Waals surface area contributed by atoms with Gasteiger partial charge in [0.25, 0.3) is 0 Å². The number of fused-ring (bicyclic) bond motifs is 6. The van der Waals surface area contributed by atoms with Gasteiger partial charge in [-0.2, -0.15) is 16.9 Å². The number of thiol groups is 1. The van der Waals surface area contributed by atoms with Crippen molar-refractivity contribution in [3.63, 3.8) is 0 Å². The number of nitrogens with zero attached hydrogens (tertiary/aromatic N) is 2. The lowest BCUT2D eigenvalue weighted by Gasteiger charge is -2.60. The molecule has 4 aliphatic rings. The van der Waals surface area contributed by atoms with E-state index in [-0.39, 0.29) is 29.0 Å². The molecular weight excluding hydrogens is 540 g/mol. The van der Waals surface area contributed by atoms with Crippen molar-refractivity contribution in [2.75, 3.05) is 12.0 Å². The number of aliphatic hydroxyl groups excluding tert-OH is 1. The molecule has 0 saturated heterocycles. The quantitative estimate of drug-likeness (QED) is 0.226. The van der Waals surface area contributed by atoms with E-state index in [1.54, 1.807) is 11.8 Å². The van der Waals surface area contributed by atoms with Crippen molar-refractivity contribution in [2.24, 2.45) is 28.6 Å². The maximum absolute atomic E-state index is 12.8. The third-order valence-electron chi connectivity index (χ3n) is 11.1. The zero-order valence-electron chi connectivity index (χ0n) is 23.6. The Hall–Kier alpha value is -1.87. The van der Waals surface area contributed by atoms with Crippen LogP contribution in [0.15, 0.2) is 36.0 Å². The molecule has 0 bridgehead atoms. The number of hydrogen-bond donors (Lipinski definition) is 3. The second kappa shape index (κ2) is 10.1. The van der Waals surface area contributed by atoms with Crippen LogP contribution in [0.3, 0.4) is 0 Å². The number of carbonyl (C=O) groups is 2. The smallest absolute Gasteiger partial charge is 0.218 e. The summed E-state index contributed by atoms with van der Waals surface area (Å²) in [4.78, 5) is 25.2. The van der Waals surface area contributed by atoms with E-state index >= 15 is 0 Å². The monoisotopic (exact) mass is 580 g/mol. The van der Waals surface area contributed by atoms with Crippen molar-refractivity contribution in [3.05, 3.63) is 52.9 Å². The first-order chi connectivity index (χ1) is 19.0. The molecule has 0 amide bonds. The Morgan fingerprint density at radius 1 is 1.25 bits per heavy atom. The van der Waals surface area contributed by atoms with Crippen molar-refractivity contribution >= 4 is 41.4 Å². The molecule has 0 spiro atoms. The van der Waals surface area contributed by atoms with E-state index < -0.39 is 22.2 Å². The first-order valence-corrected chi connectivity index (χ1v) is 16.4. The maximum atomic E-state index is 12.8.